The number of para-hydroxylation sites is 2. The maximum atomic E-state index is 12.4. The molecule has 1 heterocycles. The number of hydrogen-bond donors (Lipinski definition) is 2. The highest BCUT2D eigenvalue weighted by molar-refractivity contribution is 5.91. The van der Waals surface area contributed by atoms with Crippen LogP contribution in [-0.2, 0) is 4.79 Å². The van der Waals surface area contributed by atoms with Crippen molar-refractivity contribution < 1.29 is 14.3 Å². The Morgan fingerprint density at radius 3 is 2.64 bits per heavy atom. The largest absolute Gasteiger partial charge is 0.495 e. The molecule has 6 nitrogen and oxygen atoms in total. The molecule has 1 fully saturated rings. The van der Waals surface area contributed by atoms with E-state index in [4.69, 9.17) is 4.74 Å². The van der Waals surface area contributed by atoms with E-state index < -0.39 is 0 Å². The van der Waals surface area contributed by atoms with Crippen LogP contribution in [0, 0.1) is 5.92 Å². The van der Waals surface area contributed by atoms with E-state index in [2.05, 4.69) is 17.6 Å². The molecule has 2 rings (SSSR count). The summed E-state index contributed by atoms with van der Waals surface area (Å²) in [5.41, 5.74) is 0.681. The van der Waals surface area contributed by atoms with E-state index in [0.29, 0.717) is 43.4 Å². The first-order valence-corrected chi connectivity index (χ1v) is 9.09. The number of hydrogen-bond acceptors (Lipinski definition) is 3. The van der Waals surface area contributed by atoms with Gasteiger partial charge in [0.25, 0.3) is 0 Å². The Bertz CT molecular complexity index is 569. The lowest BCUT2D eigenvalue weighted by Gasteiger charge is -2.32. The molecule has 0 saturated carbocycles. The molecule has 1 saturated heterocycles. The zero-order chi connectivity index (χ0) is 18.1. The lowest BCUT2D eigenvalue weighted by Crippen LogP contribution is -2.43. The van der Waals surface area contributed by atoms with Gasteiger partial charge >= 0.3 is 6.03 Å². The average Bonchev–Trinajstić information content (AvgIpc) is 2.65. The number of anilines is 1. The van der Waals surface area contributed by atoms with Crippen LogP contribution in [0.2, 0.25) is 0 Å². The number of methoxy groups -OCH3 is 1. The molecule has 6 heteroatoms. The second-order valence-electron chi connectivity index (χ2n) is 6.47. The van der Waals surface area contributed by atoms with E-state index in [1.807, 2.05) is 29.2 Å². The molecule has 0 radical (unpaired) electrons. The van der Waals surface area contributed by atoms with Crippen LogP contribution in [-0.4, -0.2) is 43.6 Å². The predicted molar refractivity (Wildman–Crippen MR) is 98.8 cm³/mol. The number of likely N-dealkylation sites (tertiary alicyclic amines) is 1. The molecule has 0 unspecified atom stereocenters. The zero-order valence-corrected chi connectivity index (χ0v) is 15.2. The molecule has 0 bridgehead atoms. The van der Waals surface area contributed by atoms with E-state index in [-0.39, 0.29) is 11.9 Å². The molecule has 1 aromatic rings. The fraction of sp³-hybridized carbons (Fsp3) is 0.579. The van der Waals surface area contributed by atoms with Gasteiger partial charge in [0, 0.05) is 26.1 Å². The Hall–Kier alpha value is -2.24. The van der Waals surface area contributed by atoms with Crippen LogP contribution in [0.3, 0.4) is 0 Å². The highest BCUT2D eigenvalue weighted by Crippen LogP contribution is 2.24. The van der Waals surface area contributed by atoms with Crippen molar-refractivity contribution in [3.8, 4) is 5.75 Å². The number of carbonyl (C=O) groups excluding carboxylic acids is 2. The quantitative estimate of drug-likeness (QED) is 0.795. The Morgan fingerprint density at radius 1 is 1.24 bits per heavy atom. The summed E-state index contributed by atoms with van der Waals surface area (Å²) >= 11 is 0. The van der Waals surface area contributed by atoms with Gasteiger partial charge in [0.2, 0.25) is 5.91 Å². The van der Waals surface area contributed by atoms with Crippen LogP contribution in [0.1, 0.15) is 39.0 Å². The van der Waals surface area contributed by atoms with Crippen molar-refractivity contribution in [1.29, 1.82) is 0 Å². The van der Waals surface area contributed by atoms with E-state index in [0.717, 1.165) is 25.7 Å². The summed E-state index contributed by atoms with van der Waals surface area (Å²) in [4.78, 5) is 25.9. The zero-order valence-electron chi connectivity index (χ0n) is 15.2. The standard InChI is InChI=1S/C19H29N3O3/c1-3-4-9-18(23)20-14-15-10-12-22(13-11-15)19(24)21-16-7-5-6-8-17(16)25-2/h5-8,15H,3-4,9-14H2,1-2H3,(H,20,23)(H,21,24). The van der Waals surface area contributed by atoms with Crippen LogP contribution >= 0.6 is 0 Å². The molecular weight excluding hydrogens is 318 g/mol. The SMILES string of the molecule is CCCCC(=O)NCC1CCN(C(=O)Nc2ccccc2OC)CC1. The molecule has 25 heavy (non-hydrogen) atoms. The highest BCUT2D eigenvalue weighted by Gasteiger charge is 2.23. The van der Waals surface area contributed by atoms with Gasteiger partial charge in [0.15, 0.2) is 0 Å². The summed E-state index contributed by atoms with van der Waals surface area (Å²) in [6.45, 7) is 4.20. The summed E-state index contributed by atoms with van der Waals surface area (Å²) in [6.07, 6.45) is 4.40. The highest BCUT2D eigenvalue weighted by atomic mass is 16.5. The van der Waals surface area contributed by atoms with E-state index in [9.17, 15) is 9.59 Å². The molecule has 0 atom stereocenters. The van der Waals surface area contributed by atoms with Gasteiger partial charge in [-0.1, -0.05) is 25.5 Å². The van der Waals surface area contributed by atoms with Crippen molar-refractivity contribution >= 4 is 17.6 Å². The van der Waals surface area contributed by atoms with Gasteiger partial charge in [-0.25, -0.2) is 4.79 Å². The number of amides is 3. The number of unbranched alkanes of at least 4 members (excludes halogenated alkanes) is 1. The van der Waals surface area contributed by atoms with Gasteiger partial charge < -0.3 is 20.3 Å². The van der Waals surface area contributed by atoms with Crippen LogP contribution < -0.4 is 15.4 Å². The maximum absolute atomic E-state index is 12.4. The van der Waals surface area contributed by atoms with Gasteiger partial charge in [-0.05, 0) is 37.3 Å². The number of carbonyl (C=O) groups is 2. The van der Waals surface area contributed by atoms with Crippen LogP contribution in [0.5, 0.6) is 5.75 Å². The Kier molecular flexibility index (Phi) is 7.57. The molecule has 1 aliphatic rings. The number of urea groups is 1. The summed E-state index contributed by atoms with van der Waals surface area (Å²) in [7, 11) is 1.59. The van der Waals surface area contributed by atoms with Crippen molar-refractivity contribution in [2.24, 2.45) is 5.92 Å². The molecular formula is C19H29N3O3. The summed E-state index contributed by atoms with van der Waals surface area (Å²) in [5, 5.41) is 5.92. The van der Waals surface area contributed by atoms with Gasteiger partial charge in [0.05, 0.1) is 12.8 Å². The fourth-order valence-electron chi connectivity index (χ4n) is 2.97. The average molecular weight is 347 g/mol. The first kappa shape index (κ1) is 19.1. The minimum atomic E-state index is -0.102. The van der Waals surface area contributed by atoms with Crippen LogP contribution in [0.15, 0.2) is 24.3 Å². The minimum Gasteiger partial charge on any atom is -0.495 e. The van der Waals surface area contributed by atoms with Crippen LogP contribution in [0.25, 0.3) is 0 Å². The lowest BCUT2D eigenvalue weighted by atomic mass is 9.97. The van der Waals surface area contributed by atoms with Gasteiger partial charge in [0.1, 0.15) is 5.75 Å². The second kappa shape index (κ2) is 9.91. The van der Waals surface area contributed by atoms with Gasteiger partial charge in [-0.15, -0.1) is 0 Å². The monoisotopic (exact) mass is 347 g/mol. The van der Waals surface area contributed by atoms with E-state index >= 15 is 0 Å². The van der Waals surface area contributed by atoms with E-state index in [1.165, 1.54) is 0 Å². The molecule has 1 aliphatic heterocycles. The van der Waals surface area contributed by atoms with Crippen molar-refractivity contribution in [3.63, 3.8) is 0 Å². The topological polar surface area (TPSA) is 70.7 Å². The van der Waals surface area contributed by atoms with Crippen molar-refractivity contribution in [1.82, 2.24) is 10.2 Å². The smallest absolute Gasteiger partial charge is 0.321 e. The lowest BCUT2D eigenvalue weighted by molar-refractivity contribution is -0.121. The van der Waals surface area contributed by atoms with Crippen molar-refractivity contribution in [2.45, 2.75) is 39.0 Å². The number of nitrogens with zero attached hydrogens (tertiary/aromatic N) is 1. The number of rotatable bonds is 7. The third-order valence-corrected chi connectivity index (χ3v) is 4.60. The Labute approximate surface area is 149 Å². The molecule has 0 aliphatic carbocycles. The van der Waals surface area contributed by atoms with Crippen LogP contribution in [0.4, 0.5) is 10.5 Å². The van der Waals surface area contributed by atoms with E-state index in [1.54, 1.807) is 7.11 Å². The first-order chi connectivity index (χ1) is 12.1. The normalized spacial score (nSPS) is 14.9. The molecule has 2 N–H and O–H groups in total. The molecule has 1 aromatic carbocycles. The van der Waals surface area contributed by atoms with Gasteiger partial charge in [-0.3, -0.25) is 4.79 Å². The summed E-state index contributed by atoms with van der Waals surface area (Å²) < 4.78 is 5.26. The molecule has 0 spiro atoms. The molecule has 0 aromatic heterocycles. The molecule has 3 amide bonds. The third-order valence-electron chi connectivity index (χ3n) is 4.60. The Balaban J connectivity index is 1.74. The number of ether oxygens (including phenoxy) is 1. The maximum Gasteiger partial charge on any atom is 0.321 e. The number of nitrogens with one attached hydrogen (secondary N) is 2. The Morgan fingerprint density at radius 2 is 1.96 bits per heavy atom. The molecule has 138 valence electrons. The third kappa shape index (κ3) is 5.96. The summed E-state index contributed by atoms with van der Waals surface area (Å²) in [6, 6.07) is 7.29. The number of piperidine rings is 1. The minimum absolute atomic E-state index is 0.102. The summed E-state index contributed by atoms with van der Waals surface area (Å²) in [5.74, 6) is 1.24. The predicted octanol–water partition coefficient (Wildman–Crippen LogP) is 3.25. The fourth-order valence-corrected chi connectivity index (χ4v) is 2.97. The second-order valence-corrected chi connectivity index (χ2v) is 6.47. The number of benzene rings is 1. The van der Waals surface area contributed by atoms with Crippen molar-refractivity contribution in [3.05, 3.63) is 24.3 Å². The first-order valence-electron chi connectivity index (χ1n) is 9.09. The van der Waals surface area contributed by atoms with Crippen molar-refractivity contribution in [2.75, 3.05) is 32.1 Å². The van der Waals surface area contributed by atoms with Gasteiger partial charge in [-0.2, -0.15) is 0 Å².